The molecule has 112 valence electrons. The molecule has 2 aliphatic rings. The highest BCUT2D eigenvalue weighted by atomic mass is 16.5. The third-order valence-electron chi connectivity index (χ3n) is 5.35. The predicted molar refractivity (Wildman–Crippen MR) is 81.4 cm³/mol. The van der Waals surface area contributed by atoms with E-state index < -0.39 is 0 Å². The average Bonchev–Trinajstić information content (AvgIpc) is 2.87. The first-order chi connectivity index (χ1) is 9.08. The molecule has 0 bridgehead atoms. The van der Waals surface area contributed by atoms with E-state index in [2.05, 4.69) is 33.0 Å². The van der Waals surface area contributed by atoms with E-state index >= 15 is 0 Å². The maximum absolute atomic E-state index is 5.99. The van der Waals surface area contributed by atoms with Crippen molar-refractivity contribution in [1.82, 2.24) is 5.32 Å². The van der Waals surface area contributed by atoms with Gasteiger partial charge in [-0.25, -0.2) is 0 Å². The van der Waals surface area contributed by atoms with Crippen molar-refractivity contribution in [2.75, 3.05) is 6.61 Å². The molecule has 2 heteroatoms. The summed E-state index contributed by atoms with van der Waals surface area (Å²) in [5.41, 5.74) is 0.488. The zero-order valence-corrected chi connectivity index (χ0v) is 13.4. The molecular weight excluding hydrogens is 234 g/mol. The molecule has 0 amide bonds. The van der Waals surface area contributed by atoms with Crippen LogP contribution in [0.15, 0.2) is 0 Å². The SMILES string of the molecule is CCOC1CC(NC(C)CCC(C)C)C12CCCC2. The van der Waals surface area contributed by atoms with Crippen molar-refractivity contribution in [3.63, 3.8) is 0 Å². The molecule has 0 saturated heterocycles. The molecule has 3 unspecified atom stereocenters. The van der Waals surface area contributed by atoms with Gasteiger partial charge in [0.1, 0.15) is 0 Å². The molecule has 2 fully saturated rings. The summed E-state index contributed by atoms with van der Waals surface area (Å²) < 4.78 is 5.99. The molecule has 19 heavy (non-hydrogen) atoms. The van der Waals surface area contributed by atoms with E-state index in [1.807, 2.05) is 0 Å². The quantitative estimate of drug-likeness (QED) is 0.748. The van der Waals surface area contributed by atoms with Crippen LogP contribution in [0.3, 0.4) is 0 Å². The van der Waals surface area contributed by atoms with Crippen LogP contribution in [0.25, 0.3) is 0 Å². The maximum atomic E-state index is 5.99. The van der Waals surface area contributed by atoms with Crippen molar-refractivity contribution >= 4 is 0 Å². The third-order valence-corrected chi connectivity index (χ3v) is 5.35. The number of hydrogen-bond acceptors (Lipinski definition) is 2. The van der Waals surface area contributed by atoms with Crippen LogP contribution in [-0.4, -0.2) is 24.8 Å². The molecular formula is C17H33NO. The minimum absolute atomic E-state index is 0.488. The van der Waals surface area contributed by atoms with E-state index in [9.17, 15) is 0 Å². The van der Waals surface area contributed by atoms with Gasteiger partial charge in [0, 0.05) is 24.1 Å². The summed E-state index contributed by atoms with van der Waals surface area (Å²) >= 11 is 0. The van der Waals surface area contributed by atoms with Gasteiger partial charge < -0.3 is 10.1 Å². The highest BCUT2D eigenvalue weighted by Crippen LogP contribution is 2.54. The third kappa shape index (κ3) is 3.33. The molecule has 1 N–H and O–H groups in total. The Morgan fingerprint density at radius 1 is 1.16 bits per heavy atom. The normalized spacial score (nSPS) is 30.8. The summed E-state index contributed by atoms with van der Waals surface area (Å²) in [6, 6.07) is 1.38. The highest BCUT2D eigenvalue weighted by molar-refractivity contribution is 5.10. The minimum atomic E-state index is 0.488. The Balaban J connectivity index is 1.83. The standard InChI is InChI=1S/C17H33NO/c1-5-19-16-12-15(17(16)10-6-7-11-17)18-14(4)9-8-13(2)3/h13-16,18H,5-12H2,1-4H3. The fourth-order valence-electron chi connectivity index (χ4n) is 4.13. The molecule has 0 aromatic carbocycles. The van der Waals surface area contributed by atoms with E-state index in [0.717, 1.165) is 12.5 Å². The molecule has 0 radical (unpaired) electrons. The lowest BCUT2D eigenvalue weighted by atomic mass is 9.60. The van der Waals surface area contributed by atoms with Gasteiger partial charge in [0.15, 0.2) is 0 Å². The van der Waals surface area contributed by atoms with Crippen molar-refractivity contribution in [1.29, 1.82) is 0 Å². The highest BCUT2D eigenvalue weighted by Gasteiger charge is 2.56. The molecule has 1 spiro atoms. The van der Waals surface area contributed by atoms with Gasteiger partial charge in [0.25, 0.3) is 0 Å². The Bertz CT molecular complexity index is 270. The Morgan fingerprint density at radius 2 is 1.84 bits per heavy atom. The Hall–Kier alpha value is -0.0800. The van der Waals surface area contributed by atoms with Crippen molar-refractivity contribution in [2.45, 2.75) is 90.8 Å². The Kier molecular flexibility index (Phi) is 5.30. The Labute approximate surface area is 119 Å². The fraction of sp³-hybridized carbons (Fsp3) is 1.00. The molecule has 0 aliphatic heterocycles. The smallest absolute Gasteiger partial charge is 0.0661 e. The van der Waals surface area contributed by atoms with Crippen molar-refractivity contribution in [3.8, 4) is 0 Å². The molecule has 0 aromatic rings. The van der Waals surface area contributed by atoms with Gasteiger partial charge in [-0.2, -0.15) is 0 Å². The van der Waals surface area contributed by atoms with Crippen LogP contribution in [0.1, 0.15) is 72.6 Å². The number of rotatable bonds is 7. The zero-order valence-electron chi connectivity index (χ0n) is 13.4. The second-order valence-electron chi connectivity index (χ2n) is 7.21. The summed E-state index contributed by atoms with van der Waals surface area (Å²) in [4.78, 5) is 0. The minimum Gasteiger partial charge on any atom is -0.378 e. The summed E-state index contributed by atoms with van der Waals surface area (Å²) in [6.07, 6.45) is 9.99. The van der Waals surface area contributed by atoms with Crippen LogP contribution in [0.5, 0.6) is 0 Å². The largest absolute Gasteiger partial charge is 0.378 e. The van der Waals surface area contributed by atoms with Gasteiger partial charge in [-0.15, -0.1) is 0 Å². The second-order valence-corrected chi connectivity index (χ2v) is 7.21. The molecule has 0 heterocycles. The van der Waals surface area contributed by atoms with E-state index in [1.54, 1.807) is 0 Å². The Morgan fingerprint density at radius 3 is 2.42 bits per heavy atom. The van der Waals surface area contributed by atoms with Crippen LogP contribution in [0, 0.1) is 11.3 Å². The average molecular weight is 267 g/mol. The first kappa shape index (κ1) is 15.3. The topological polar surface area (TPSA) is 21.3 Å². The van der Waals surface area contributed by atoms with Gasteiger partial charge >= 0.3 is 0 Å². The van der Waals surface area contributed by atoms with Gasteiger partial charge in [-0.3, -0.25) is 0 Å². The first-order valence-electron chi connectivity index (χ1n) is 8.46. The van der Waals surface area contributed by atoms with E-state index in [0.29, 0.717) is 23.6 Å². The number of hydrogen-bond donors (Lipinski definition) is 1. The van der Waals surface area contributed by atoms with Crippen LogP contribution in [-0.2, 0) is 4.74 Å². The zero-order chi connectivity index (χ0) is 13.9. The fourth-order valence-corrected chi connectivity index (χ4v) is 4.13. The van der Waals surface area contributed by atoms with Crippen LogP contribution in [0.4, 0.5) is 0 Å². The summed E-state index contributed by atoms with van der Waals surface area (Å²) in [5.74, 6) is 0.822. The molecule has 2 saturated carbocycles. The summed E-state index contributed by atoms with van der Waals surface area (Å²) in [5, 5.41) is 3.91. The van der Waals surface area contributed by atoms with Crippen LogP contribution >= 0.6 is 0 Å². The van der Waals surface area contributed by atoms with Crippen LogP contribution < -0.4 is 5.32 Å². The van der Waals surface area contributed by atoms with Gasteiger partial charge in [-0.1, -0.05) is 26.7 Å². The molecule has 0 aromatic heterocycles. The van der Waals surface area contributed by atoms with Gasteiger partial charge in [-0.05, 0) is 51.9 Å². The first-order valence-corrected chi connectivity index (χ1v) is 8.46. The van der Waals surface area contributed by atoms with Gasteiger partial charge in [0.2, 0.25) is 0 Å². The molecule has 2 rings (SSSR count). The maximum Gasteiger partial charge on any atom is 0.0661 e. The number of ether oxygens (including phenoxy) is 1. The van der Waals surface area contributed by atoms with Crippen molar-refractivity contribution < 1.29 is 4.74 Å². The molecule has 2 nitrogen and oxygen atoms in total. The van der Waals surface area contributed by atoms with Crippen molar-refractivity contribution in [3.05, 3.63) is 0 Å². The summed E-state index contributed by atoms with van der Waals surface area (Å²) in [6.45, 7) is 10.0. The van der Waals surface area contributed by atoms with E-state index in [1.165, 1.54) is 44.9 Å². The van der Waals surface area contributed by atoms with E-state index in [4.69, 9.17) is 4.74 Å². The summed E-state index contributed by atoms with van der Waals surface area (Å²) in [7, 11) is 0. The van der Waals surface area contributed by atoms with E-state index in [-0.39, 0.29) is 0 Å². The van der Waals surface area contributed by atoms with Crippen molar-refractivity contribution in [2.24, 2.45) is 11.3 Å². The number of nitrogens with one attached hydrogen (secondary N) is 1. The predicted octanol–water partition coefficient (Wildman–Crippen LogP) is 4.14. The monoisotopic (exact) mass is 267 g/mol. The second kappa shape index (κ2) is 6.58. The van der Waals surface area contributed by atoms with Crippen LogP contribution in [0.2, 0.25) is 0 Å². The lowest BCUT2D eigenvalue weighted by Gasteiger charge is -2.55. The molecule has 2 aliphatic carbocycles. The lowest BCUT2D eigenvalue weighted by molar-refractivity contribution is -0.132. The van der Waals surface area contributed by atoms with Gasteiger partial charge in [0.05, 0.1) is 6.10 Å². The lowest BCUT2D eigenvalue weighted by Crippen LogP contribution is -2.64. The molecule has 3 atom stereocenters.